The summed E-state index contributed by atoms with van der Waals surface area (Å²) in [5.74, 6) is -0.239. The Labute approximate surface area is 195 Å². The maximum absolute atomic E-state index is 13.2. The maximum atomic E-state index is 13.2. The van der Waals surface area contributed by atoms with E-state index in [0.717, 1.165) is 11.4 Å². The van der Waals surface area contributed by atoms with Gasteiger partial charge in [-0.2, -0.15) is 0 Å². The first-order chi connectivity index (χ1) is 15.3. The highest BCUT2D eigenvalue weighted by molar-refractivity contribution is 8.27. The van der Waals surface area contributed by atoms with Gasteiger partial charge in [-0.15, -0.1) is 0 Å². The molecule has 0 spiro atoms. The number of ether oxygens (including phenoxy) is 1. The van der Waals surface area contributed by atoms with Crippen molar-refractivity contribution in [1.82, 2.24) is 0 Å². The normalized spacial score (nSPS) is 17.9. The smallest absolute Gasteiger partial charge is 0.270 e. The van der Waals surface area contributed by atoms with Crippen LogP contribution in [-0.2, 0) is 9.53 Å². The van der Waals surface area contributed by atoms with Gasteiger partial charge in [-0.05, 0) is 36.4 Å². The molecule has 2 heterocycles. The second-order valence-electron chi connectivity index (χ2n) is 7.53. The molecule has 0 aliphatic carbocycles. The van der Waals surface area contributed by atoms with Gasteiger partial charge in [0, 0.05) is 56.3 Å². The zero-order chi connectivity index (χ0) is 22.8. The van der Waals surface area contributed by atoms with E-state index >= 15 is 0 Å². The summed E-state index contributed by atoms with van der Waals surface area (Å²) in [7, 11) is 3.89. The van der Waals surface area contributed by atoms with Crippen LogP contribution in [0.4, 0.5) is 22.7 Å². The average Bonchev–Trinajstić information content (AvgIpc) is 3.07. The predicted molar refractivity (Wildman–Crippen MR) is 133 cm³/mol. The Bertz CT molecular complexity index is 1100. The molecule has 10 heteroatoms. The molecule has 0 N–H and O–H groups in total. The van der Waals surface area contributed by atoms with Crippen molar-refractivity contribution in [2.45, 2.75) is 0 Å². The van der Waals surface area contributed by atoms with E-state index in [1.165, 1.54) is 28.8 Å². The van der Waals surface area contributed by atoms with Crippen molar-refractivity contribution in [3.05, 3.63) is 63.0 Å². The fourth-order valence-electron chi connectivity index (χ4n) is 3.59. The third kappa shape index (κ3) is 4.47. The fraction of sp³-hybridized carbons (Fsp3) is 0.273. The van der Waals surface area contributed by atoms with Crippen LogP contribution in [0.15, 0.2) is 47.4 Å². The molecule has 2 saturated heterocycles. The standard InChI is InChI=1S/C22H22N4O4S2/c1-23(2)16-3-5-17(6-4-16)25-21(27)20(32-22(25)31)14-15-13-18(26(28)29)7-8-19(15)24-9-11-30-12-10-24/h3-8,13-14H,9-12H2,1-2H3/b20-14-. The number of rotatable bonds is 5. The molecule has 2 aliphatic rings. The molecule has 8 nitrogen and oxygen atoms in total. The first kappa shape index (κ1) is 22.3. The van der Waals surface area contributed by atoms with Crippen LogP contribution in [0.5, 0.6) is 0 Å². The van der Waals surface area contributed by atoms with E-state index < -0.39 is 4.92 Å². The van der Waals surface area contributed by atoms with Crippen molar-refractivity contribution in [1.29, 1.82) is 0 Å². The third-order valence-corrected chi connectivity index (χ3v) is 6.58. The molecule has 0 atom stereocenters. The lowest BCUT2D eigenvalue weighted by molar-refractivity contribution is -0.384. The molecule has 0 bridgehead atoms. The monoisotopic (exact) mass is 470 g/mol. The van der Waals surface area contributed by atoms with Crippen LogP contribution in [-0.4, -0.2) is 55.5 Å². The topological polar surface area (TPSA) is 79.2 Å². The number of anilines is 3. The van der Waals surface area contributed by atoms with Crippen molar-refractivity contribution in [3.63, 3.8) is 0 Å². The Balaban J connectivity index is 1.68. The van der Waals surface area contributed by atoms with Crippen molar-refractivity contribution < 1.29 is 14.5 Å². The number of nitro groups is 1. The van der Waals surface area contributed by atoms with Gasteiger partial charge in [-0.3, -0.25) is 19.8 Å². The highest BCUT2D eigenvalue weighted by atomic mass is 32.2. The molecule has 1 amide bonds. The Morgan fingerprint density at radius 1 is 1.16 bits per heavy atom. The number of carbonyl (C=O) groups excluding carboxylic acids is 1. The SMILES string of the molecule is CN(C)c1ccc(N2C(=O)/C(=C/c3cc([N+](=O)[O-])ccc3N3CCOCC3)SC2=S)cc1. The number of thioether (sulfide) groups is 1. The quantitative estimate of drug-likeness (QED) is 0.282. The van der Waals surface area contributed by atoms with Gasteiger partial charge in [0.25, 0.3) is 11.6 Å². The van der Waals surface area contributed by atoms with Gasteiger partial charge in [0.2, 0.25) is 0 Å². The maximum Gasteiger partial charge on any atom is 0.270 e. The first-order valence-electron chi connectivity index (χ1n) is 10.0. The summed E-state index contributed by atoms with van der Waals surface area (Å²) in [6.07, 6.45) is 1.70. The van der Waals surface area contributed by atoms with Gasteiger partial charge < -0.3 is 14.5 Å². The highest BCUT2D eigenvalue weighted by Gasteiger charge is 2.33. The van der Waals surface area contributed by atoms with Crippen LogP contribution in [0, 0.1) is 10.1 Å². The molecule has 2 aromatic rings. The Morgan fingerprint density at radius 2 is 1.84 bits per heavy atom. The second kappa shape index (κ2) is 9.27. The molecule has 0 saturated carbocycles. The number of carbonyl (C=O) groups is 1. The van der Waals surface area contributed by atoms with E-state index in [9.17, 15) is 14.9 Å². The van der Waals surface area contributed by atoms with Crippen LogP contribution in [0.3, 0.4) is 0 Å². The summed E-state index contributed by atoms with van der Waals surface area (Å²) >= 11 is 6.68. The Hall–Kier alpha value is -2.95. The van der Waals surface area contributed by atoms with E-state index in [2.05, 4.69) is 4.90 Å². The molecule has 2 fully saturated rings. The number of nitrogens with zero attached hydrogens (tertiary/aromatic N) is 4. The van der Waals surface area contributed by atoms with Crippen LogP contribution in [0.1, 0.15) is 5.56 Å². The number of thiocarbonyl (C=S) groups is 1. The summed E-state index contributed by atoms with van der Waals surface area (Å²) < 4.78 is 5.85. The third-order valence-electron chi connectivity index (χ3n) is 5.28. The van der Waals surface area contributed by atoms with Crippen molar-refractivity contribution in [3.8, 4) is 0 Å². The molecule has 166 valence electrons. The highest BCUT2D eigenvalue weighted by Crippen LogP contribution is 2.38. The lowest BCUT2D eigenvalue weighted by Gasteiger charge is -2.30. The largest absolute Gasteiger partial charge is 0.378 e. The van der Waals surface area contributed by atoms with Gasteiger partial charge in [-0.1, -0.05) is 24.0 Å². The van der Waals surface area contributed by atoms with Crippen LogP contribution in [0.25, 0.3) is 6.08 Å². The lowest BCUT2D eigenvalue weighted by atomic mass is 10.1. The zero-order valence-electron chi connectivity index (χ0n) is 17.7. The first-order valence-corrected chi connectivity index (χ1v) is 11.2. The van der Waals surface area contributed by atoms with Crippen LogP contribution >= 0.6 is 24.0 Å². The van der Waals surface area contributed by atoms with E-state index in [1.807, 2.05) is 43.3 Å². The molecular weight excluding hydrogens is 448 g/mol. The van der Waals surface area contributed by atoms with Gasteiger partial charge in [0.1, 0.15) is 0 Å². The van der Waals surface area contributed by atoms with Crippen LogP contribution < -0.4 is 14.7 Å². The Morgan fingerprint density at radius 3 is 2.47 bits per heavy atom. The van der Waals surface area contributed by atoms with Crippen molar-refractivity contribution in [2.75, 3.05) is 55.1 Å². The number of non-ortho nitro benzene ring substituents is 1. The summed E-state index contributed by atoms with van der Waals surface area (Å²) in [5.41, 5.74) is 3.13. The average molecular weight is 471 g/mol. The van der Waals surface area contributed by atoms with Gasteiger partial charge in [0.15, 0.2) is 4.32 Å². The summed E-state index contributed by atoms with van der Waals surface area (Å²) in [6, 6.07) is 12.3. The zero-order valence-corrected chi connectivity index (χ0v) is 19.3. The van der Waals surface area contributed by atoms with Gasteiger partial charge in [0.05, 0.1) is 28.7 Å². The van der Waals surface area contributed by atoms with Crippen molar-refractivity contribution in [2.24, 2.45) is 0 Å². The summed E-state index contributed by atoms with van der Waals surface area (Å²) in [6.45, 7) is 2.53. The molecule has 0 radical (unpaired) electrons. The molecule has 32 heavy (non-hydrogen) atoms. The molecule has 2 aromatic carbocycles. The molecule has 0 unspecified atom stereocenters. The predicted octanol–water partition coefficient (Wildman–Crippen LogP) is 3.90. The van der Waals surface area contributed by atoms with Crippen molar-refractivity contribution >= 4 is 63.0 Å². The number of morpholine rings is 1. The molecule has 0 aromatic heterocycles. The van der Waals surface area contributed by atoms with Gasteiger partial charge >= 0.3 is 0 Å². The molecule has 2 aliphatic heterocycles. The van der Waals surface area contributed by atoms with E-state index in [4.69, 9.17) is 17.0 Å². The number of amides is 1. The van der Waals surface area contributed by atoms with Gasteiger partial charge in [-0.25, -0.2) is 0 Å². The van der Waals surface area contributed by atoms with E-state index in [-0.39, 0.29) is 11.6 Å². The molecular formula is C22H22N4O4S2. The molecule has 4 rings (SSSR count). The van der Waals surface area contributed by atoms with E-state index in [1.54, 1.807) is 12.1 Å². The Kier molecular flexibility index (Phi) is 6.45. The number of hydrogen-bond donors (Lipinski definition) is 0. The number of hydrogen-bond acceptors (Lipinski definition) is 8. The number of nitro benzene ring substituents is 1. The number of benzene rings is 2. The van der Waals surface area contributed by atoms with Crippen LogP contribution in [0.2, 0.25) is 0 Å². The summed E-state index contributed by atoms with van der Waals surface area (Å²) in [4.78, 5) is 30.2. The minimum absolute atomic E-state index is 0.0250. The summed E-state index contributed by atoms with van der Waals surface area (Å²) in [5, 5.41) is 11.4. The fourth-order valence-corrected chi connectivity index (χ4v) is 4.88. The minimum atomic E-state index is -0.433. The van der Waals surface area contributed by atoms with E-state index in [0.29, 0.717) is 46.8 Å². The lowest BCUT2D eigenvalue weighted by Crippen LogP contribution is -2.36. The minimum Gasteiger partial charge on any atom is -0.378 e. The second-order valence-corrected chi connectivity index (χ2v) is 9.20.